The molecule has 0 aliphatic carbocycles. The SMILES string of the molecule is COc1ccccc1CC(=O)CCCS(C)(=O)=O. The molecule has 0 amide bonds. The van der Waals surface area contributed by atoms with Crippen LogP contribution in [0.3, 0.4) is 0 Å². The lowest BCUT2D eigenvalue weighted by Gasteiger charge is -2.07. The monoisotopic (exact) mass is 270 g/mol. The van der Waals surface area contributed by atoms with Crippen LogP contribution in [-0.2, 0) is 21.1 Å². The summed E-state index contributed by atoms with van der Waals surface area (Å²) in [6, 6.07) is 7.34. The van der Waals surface area contributed by atoms with Crippen molar-refractivity contribution in [3.8, 4) is 5.75 Å². The van der Waals surface area contributed by atoms with Gasteiger partial charge < -0.3 is 4.74 Å². The van der Waals surface area contributed by atoms with Crippen LogP contribution in [0, 0.1) is 0 Å². The van der Waals surface area contributed by atoms with E-state index in [9.17, 15) is 13.2 Å². The average Bonchev–Trinajstić information content (AvgIpc) is 2.28. The molecule has 1 aromatic rings. The predicted molar refractivity (Wildman–Crippen MR) is 70.6 cm³/mol. The number of methoxy groups -OCH3 is 1. The molecular formula is C13H18O4S. The fraction of sp³-hybridized carbons (Fsp3) is 0.462. The maximum absolute atomic E-state index is 11.7. The summed E-state index contributed by atoms with van der Waals surface area (Å²) in [5.74, 6) is 0.780. The molecule has 0 aliphatic heterocycles. The first kappa shape index (κ1) is 14.7. The van der Waals surface area contributed by atoms with Gasteiger partial charge in [0.1, 0.15) is 21.4 Å². The molecule has 100 valence electrons. The highest BCUT2D eigenvalue weighted by molar-refractivity contribution is 7.90. The fourth-order valence-corrected chi connectivity index (χ4v) is 2.35. The van der Waals surface area contributed by atoms with Gasteiger partial charge in [-0.1, -0.05) is 18.2 Å². The zero-order chi connectivity index (χ0) is 13.6. The zero-order valence-corrected chi connectivity index (χ0v) is 11.5. The third-order valence-electron chi connectivity index (χ3n) is 2.55. The molecule has 0 aromatic heterocycles. The van der Waals surface area contributed by atoms with Crippen LogP contribution in [-0.4, -0.2) is 33.3 Å². The first-order chi connectivity index (χ1) is 8.42. The van der Waals surface area contributed by atoms with Crippen molar-refractivity contribution < 1.29 is 17.9 Å². The minimum Gasteiger partial charge on any atom is -0.496 e. The van der Waals surface area contributed by atoms with E-state index in [-0.39, 0.29) is 24.4 Å². The van der Waals surface area contributed by atoms with Gasteiger partial charge in [-0.05, 0) is 12.5 Å². The maximum atomic E-state index is 11.7. The second-order valence-corrected chi connectivity index (χ2v) is 6.52. The van der Waals surface area contributed by atoms with E-state index in [1.165, 1.54) is 6.26 Å². The summed E-state index contributed by atoms with van der Waals surface area (Å²) in [5.41, 5.74) is 0.837. The molecule has 0 aliphatic rings. The van der Waals surface area contributed by atoms with E-state index < -0.39 is 9.84 Å². The smallest absolute Gasteiger partial charge is 0.147 e. The van der Waals surface area contributed by atoms with Crippen LogP contribution in [0.1, 0.15) is 18.4 Å². The van der Waals surface area contributed by atoms with Gasteiger partial charge in [0.25, 0.3) is 0 Å². The first-order valence-electron chi connectivity index (χ1n) is 5.73. The van der Waals surface area contributed by atoms with Crippen molar-refractivity contribution in [1.82, 2.24) is 0 Å². The Morgan fingerprint density at radius 2 is 1.94 bits per heavy atom. The number of ether oxygens (including phenoxy) is 1. The van der Waals surface area contributed by atoms with Gasteiger partial charge in [0.05, 0.1) is 12.9 Å². The predicted octanol–water partition coefficient (Wildman–Crippen LogP) is 1.63. The molecule has 0 bridgehead atoms. The molecule has 1 rings (SSSR count). The van der Waals surface area contributed by atoms with Crippen LogP contribution in [0.4, 0.5) is 0 Å². The summed E-state index contributed by atoms with van der Waals surface area (Å²) in [7, 11) is -1.42. The van der Waals surface area contributed by atoms with Crippen LogP contribution in [0.15, 0.2) is 24.3 Å². The fourth-order valence-electron chi connectivity index (χ4n) is 1.68. The highest BCUT2D eigenvalue weighted by atomic mass is 32.2. The van der Waals surface area contributed by atoms with Crippen LogP contribution < -0.4 is 4.74 Å². The van der Waals surface area contributed by atoms with Gasteiger partial charge in [0.2, 0.25) is 0 Å². The molecule has 18 heavy (non-hydrogen) atoms. The lowest BCUT2D eigenvalue weighted by Crippen LogP contribution is -2.08. The van der Waals surface area contributed by atoms with Crippen LogP contribution in [0.2, 0.25) is 0 Å². The van der Waals surface area contributed by atoms with Crippen LogP contribution in [0.5, 0.6) is 5.75 Å². The van der Waals surface area contributed by atoms with Crippen molar-refractivity contribution in [3.63, 3.8) is 0 Å². The minimum absolute atomic E-state index is 0.0307. The Kier molecular flexibility index (Phi) is 5.34. The van der Waals surface area contributed by atoms with E-state index in [1.54, 1.807) is 13.2 Å². The normalized spacial score (nSPS) is 11.2. The lowest BCUT2D eigenvalue weighted by atomic mass is 10.1. The van der Waals surface area contributed by atoms with E-state index in [2.05, 4.69) is 0 Å². The minimum atomic E-state index is -2.98. The number of rotatable bonds is 7. The van der Waals surface area contributed by atoms with Crippen molar-refractivity contribution in [1.29, 1.82) is 0 Å². The number of carbonyl (C=O) groups excluding carboxylic acids is 1. The second-order valence-electron chi connectivity index (χ2n) is 4.26. The molecule has 5 heteroatoms. The van der Waals surface area contributed by atoms with E-state index in [1.807, 2.05) is 18.2 Å². The molecule has 0 N–H and O–H groups in total. The van der Waals surface area contributed by atoms with E-state index >= 15 is 0 Å². The van der Waals surface area contributed by atoms with Gasteiger partial charge in [-0.3, -0.25) is 4.79 Å². The number of carbonyl (C=O) groups is 1. The van der Waals surface area contributed by atoms with Crippen molar-refractivity contribution >= 4 is 15.6 Å². The molecule has 0 spiro atoms. The summed E-state index contributed by atoms with van der Waals surface area (Å²) in [5, 5.41) is 0. The molecule has 4 nitrogen and oxygen atoms in total. The number of para-hydroxylation sites is 1. The summed E-state index contributed by atoms with van der Waals surface area (Å²) in [6.45, 7) is 0. The van der Waals surface area contributed by atoms with Gasteiger partial charge in [-0.25, -0.2) is 8.42 Å². The maximum Gasteiger partial charge on any atom is 0.147 e. The van der Waals surface area contributed by atoms with E-state index in [0.29, 0.717) is 12.2 Å². The number of Topliss-reactive ketones (excluding diaryl/α,β-unsaturated/α-hetero) is 1. The Morgan fingerprint density at radius 1 is 1.28 bits per heavy atom. The largest absolute Gasteiger partial charge is 0.496 e. The van der Waals surface area contributed by atoms with Gasteiger partial charge in [0, 0.05) is 24.7 Å². The average molecular weight is 270 g/mol. The first-order valence-corrected chi connectivity index (χ1v) is 7.80. The van der Waals surface area contributed by atoms with Gasteiger partial charge >= 0.3 is 0 Å². The number of sulfone groups is 1. The Bertz CT molecular complexity index is 505. The van der Waals surface area contributed by atoms with E-state index in [0.717, 1.165) is 5.56 Å². The van der Waals surface area contributed by atoms with Gasteiger partial charge in [-0.2, -0.15) is 0 Å². The van der Waals surface area contributed by atoms with Crippen molar-refractivity contribution in [2.24, 2.45) is 0 Å². The Morgan fingerprint density at radius 3 is 2.56 bits per heavy atom. The molecule has 0 radical (unpaired) electrons. The molecule has 0 heterocycles. The molecular weight excluding hydrogens is 252 g/mol. The number of benzene rings is 1. The Labute approximate surface area is 108 Å². The highest BCUT2D eigenvalue weighted by Gasteiger charge is 2.09. The zero-order valence-electron chi connectivity index (χ0n) is 10.7. The van der Waals surface area contributed by atoms with Crippen molar-refractivity contribution in [2.45, 2.75) is 19.3 Å². The summed E-state index contributed by atoms with van der Waals surface area (Å²) in [6.07, 6.45) is 2.13. The summed E-state index contributed by atoms with van der Waals surface area (Å²) in [4.78, 5) is 11.7. The number of ketones is 1. The highest BCUT2D eigenvalue weighted by Crippen LogP contribution is 2.18. The number of hydrogen-bond acceptors (Lipinski definition) is 4. The third kappa shape index (κ3) is 5.31. The second kappa shape index (κ2) is 6.54. The standard InChI is InChI=1S/C13H18O4S/c1-17-13-8-4-3-6-11(13)10-12(14)7-5-9-18(2,15)16/h3-4,6,8H,5,7,9-10H2,1-2H3. The van der Waals surface area contributed by atoms with Gasteiger partial charge in [0.15, 0.2) is 0 Å². The summed E-state index contributed by atoms with van der Waals surface area (Å²) < 4.78 is 27.0. The van der Waals surface area contributed by atoms with Crippen molar-refractivity contribution in [2.75, 3.05) is 19.1 Å². The topological polar surface area (TPSA) is 60.4 Å². The molecule has 1 aromatic carbocycles. The van der Waals surface area contributed by atoms with Crippen molar-refractivity contribution in [3.05, 3.63) is 29.8 Å². The van der Waals surface area contributed by atoms with Crippen LogP contribution >= 0.6 is 0 Å². The molecule has 0 fully saturated rings. The molecule has 0 atom stereocenters. The molecule has 0 saturated heterocycles. The molecule has 0 saturated carbocycles. The molecule has 0 unspecified atom stereocenters. The van der Waals surface area contributed by atoms with E-state index in [4.69, 9.17) is 4.74 Å². The van der Waals surface area contributed by atoms with Gasteiger partial charge in [-0.15, -0.1) is 0 Å². The third-order valence-corrected chi connectivity index (χ3v) is 3.58. The number of hydrogen-bond donors (Lipinski definition) is 0. The lowest BCUT2D eigenvalue weighted by molar-refractivity contribution is -0.118. The Balaban J connectivity index is 2.50. The summed E-state index contributed by atoms with van der Waals surface area (Å²) >= 11 is 0. The Hall–Kier alpha value is -1.36. The van der Waals surface area contributed by atoms with Crippen LogP contribution in [0.25, 0.3) is 0 Å². The quantitative estimate of drug-likeness (QED) is 0.755.